The van der Waals surface area contributed by atoms with Gasteiger partial charge in [0.1, 0.15) is 0 Å². The Balaban J connectivity index is 4.25. The highest BCUT2D eigenvalue weighted by Gasteiger charge is 2.20. The fourth-order valence-electron chi connectivity index (χ4n) is 1.32. The molecule has 0 aliphatic heterocycles. The van der Waals surface area contributed by atoms with Crippen molar-refractivity contribution in [2.45, 2.75) is 19.9 Å². The molecule has 17 heavy (non-hydrogen) atoms. The average molecular weight is 244 g/mol. The first-order chi connectivity index (χ1) is 7.88. The third-order valence-electron chi connectivity index (χ3n) is 2.32. The normalized spacial score (nSPS) is 12.6. The van der Waals surface area contributed by atoms with Crippen LogP contribution in [0, 0.1) is 5.92 Å². The first kappa shape index (κ1) is 15.9. The maximum Gasteiger partial charge on any atom is 0.309 e. The van der Waals surface area contributed by atoms with Crippen LogP contribution in [-0.2, 0) is 9.59 Å². The van der Waals surface area contributed by atoms with E-state index >= 15 is 0 Å². The second kappa shape index (κ2) is 8.03. The summed E-state index contributed by atoms with van der Waals surface area (Å²) in [5, 5.41) is 5.16. The van der Waals surface area contributed by atoms with Crippen LogP contribution in [0.4, 0.5) is 0 Å². The molecule has 2 amide bonds. The summed E-state index contributed by atoms with van der Waals surface area (Å²) in [6, 6.07) is -0.0406. The summed E-state index contributed by atoms with van der Waals surface area (Å²) in [6.07, 6.45) is 0. The van der Waals surface area contributed by atoms with E-state index in [0.717, 1.165) is 0 Å². The van der Waals surface area contributed by atoms with Crippen molar-refractivity contribution < 1.29 is 9.59 Å². The van der Waals surface area contributed by atoms with Gasteiger partial charge in [0, 0.05) is 25.7 Å². The lowest BCUT2D eigenvalue weighted by molar-refractivity contribution is -0.139. The number of amides is 2. The van der Waals surface area contributed by atoms with Crippen molar-refractivity contribution in [1.82, 2.24) is 15.5 Å². The van der Waals surface area contributed by atoms with E-state index in [2.05, 4.69) is 10.6 Å². The van der Waals surface area contributed by atoms with E-state index in [1.165, 1.54) is 0 Å². The molecule has 1 unspecified atom stereocenters. The lowest BCUT2D eigenvalue weighted by atomic mass is 10.0. The molecule has 0 aromatic carbocycles. The number of nitrogens with one attached hydrogen (secondary N) is 2. The van der Waals surface area contributed by atoms with E-state index in [-0.39, 0.29) is 12.0 Å². The van der Waals surface area contributed by atoms with Gasteiger partial charge in [-0.15, -0.1) is 0 Å². The first-order valence-corrected chi connectivity index (χ1v) is 5.82. The summed E-state index contributed by atoms with van der Waals surface area (Å²) in [7, 11) is 3.85. The predicted octanol–water partition coefficient (Wildman–Crippen LogP) is -1.24. The third-order valence-corrected chi connectivity index (χ3v) is 2.32. The first-order valence-electron chi connectivity index (χ1n) is 5.82. The Labute approximate surface area is 103 Å². The van der Waals surface area contributed by atoms with Crippen LogP contribution >= 0.6 is 0 Å². The molecule has 0 aliphatic rings. The lowest BCUT2D eigenvalue weighted by Gasteiger charge is -2.25. The molecule has 0 aromatic rings. The Morgan fingerprint density at radius 3 is 2.24 bits per heavy atom. The maximum absolute atomic E-state index is 11.6. The van der Waals surface area contributed by atoms with E-state index in [0.29, 0.717) is 19.6 Å². The van der Waals surface area contributed by atoms with Crippen LogP contribution in [0.3, 0.4) is 0 Å². The van der Waals surface area contributed by atoms with Gasteiger partial charge in [0.15, 0.2) is 0 Å². The summed E-state index contributed by atoms with van der Waals surface area (Å²) in [5.74, 6) is -0.956. The summed E-state index contributed by atoms with van der Waals surface area (Å²) in [4.78, 5) is 24.9. The van der Waals surface area contributed by atoms with Gasteiger partial charge >= 0.3 is 11.8 Å². The maximum atomic E-state index is 11.6. The SMILES string of the molecule is CC(C)C(CN(C)C)NC(=O)C(=O)NCCN. The number of hydrogen-bond acceptors (Lipinski definition) is 4. The van der Waals surface area contributed by atoms with Gasteiger partial charge in [0.05, 0.1) is 0 Å². The molecule has 0 bridgehead atoms. The van der Waals surface area contributed by atoms with E-state index in [4.69, 9.17) is 5.73 Å². The zero-order valence-electron chi connectivity index (χ0n) is 11.1. The number of rotatable bonds is 6. The molecule has 1 atom stereocenters. The molecule has 0 heterocycles. The Bertz CT molecular complexity index is 254. The van der Waals surface area contributed by atoms with Crippen molar-refractivity contribution in [2.75, 3.05) is 33.7 Å². The van der Waals surface area contributed by atoms with Crippen LogP contribution in [0.5, 0.6) is 0 Å². The summed E-state index contributed by atoms with van der Waals surface area (Å²) < 4.78 is 0. The molecule has 0 fully saturated rings. The quantitative estimate of drug-likeness (QED) is 0.510. The van der Waals surface area contributed by atoms with Crippen molar-refractivity contribution in [3.63, 3.8) is 0 Å². The van der Waals surface area contributed by atoms with Crippen LogP contribution in [0.25, 0.3) is 0 Å². The molecule has 4 N–H and O–H groups in total. The minimum Gasteiger partial charge on any atom is -0.347 e. The minimum absolute atomic E-state index is 0.0406. The molecule has 0 aromatic heterocycles. The predicted molar refractivity (Wildman–Crippen MR) is 67.4 cm³/mol. The Morgan fingerprint density at radius 2 is 1.82 bits per heavy atom. The molecule has 0 aliphatic carbocycles. The van der Waals surface area contributed by atoms with Gasteiger partial charge in [-0.25, -0.2) is 0 Å². The number of hydrogen-bond donors (Lipinski definition) is 3. The fourth-order valence-corrected chi connectivity index (χ4v) is 1.32. The number of carbonyl (C=O) groups is 2. The van der Waals surface area contributed by atoms with Gasteiger partial charge in [0.25, 0.3) is 0 Å². The molecule has 6 heteroatoms. The van der Waals surface area contributed by atoms with E-state index in [9.17, 15) is 9.59 Å². The monoisotopic (exact) mass is 244 g/mol. The van der Waals surface area contributed by atoms with Crippen LogP contribution < -0.4 is 16.4 Å². The van der Waals surface area contributed by atoms with Crippen molar-refractivity contribution >= 4 is 11.8 Å². The molecule has 0 saturated heterocycles. The second-order valence-corrected chi connectivity index (χ2v) is 4.63. The highest BCUT2D eigenvalue weighted by Crippen LogP contribution is 2.02. The number of likely N-dealkylation sites (N-methyl/N-ethyl adjacent to an activating group) is 1. The standard InChI is InChI=1S/C11H24N4O2/c1-8(2)9(7-15(3)4)14-11(17)10(16)13-6-5-12/h8-9H,5-7,12H2,1-4H3,(H,13,16)(H,14,17). The van der Waals surface area contributed by atoms with Crippen LogP contribution in [-0.4, -0.2) is 56.5 Å². The third kappa shape index (κ3) is 6.91. The van der Waals surface area contributed by atoms with E-state index in [1.807, 2.05) is 32.8 Å². The van der Waals surface area contributed by atoms with Gasteiger partial charge in [0.2, 0.25) is 0 Å². The molecular formula is C11H24N4O2. The number of carbonyl (C=O) groups excluding carboxylic acids is 2. The van der Waals surface area contributed by atoms with Gasteiger partial charge in [-0.2, -0.15) is 0 Å². The van der Waals surface area contributed by atoms with E-state index < -0.39 is 11.8 Å². The van der Waals surface area contributed by atoms with Gasteiger partial charge in [-0.1, -0.05) is 13.8 Å². The van der Waals surface area contributed by atoms with Crippen LogP contribution in [0.15, 0.2) is 0 Å². The largest absolute Gasteiger partial charge is 0.347 e. The van der Waals surface area contributed by atoms with Crippen molar-refractivity contribution in [2.24, 2.45) is 11.7 Å². The second-order valence-electron chi connectivity index (χ2n) is 4.63. The highest BCUT2D eigenvalue weighted by atomic mass is 16.2. The summed E-state index contributed by atoms with van der Waals surface area (Å²) in [5.41, 5.74) is 5.24. The number of nitrogens with two attached hydrogens (primary N) is 1. The van der Waals surface area contributed by atoms with Gasteiger partial charge in [-0.3, -0.25) is 9.59 Å². The Hall–Kier alpha value is -1.14. The van der Waals surface area contributed by atoms with E-state index in [1.54, 1.807) is 0 Å². The topological polar surface area (TPSA) is 87.5 Å². The average Bonchev–Trinajstić information content (AvgIpc) is 2.23. The zero-order valence-corrected chi connectivity index (χ0v) is 11.1. The zero-order chi connectivity index (χ0) is 13.4. The molecule has 0 saturated carbocycles. The van der Waals surface area contributed by atoms with Crippen LogP contribution in [0.2, 0.25) is 0 Å². The summed E-state index contributed by atoms with van der Waals surface area (Å²) >= 11 is 0. The van der Waals surface area contributed by atoms with Crippen LogP contribution in [0.1, 0.15) is 13.8 Å². The molecule has 0 rings (SSSR count). The fraction of sp³-hybridized carbons (Fsp3) is 0.818. The van der Waals surface area contributed by atoms with Gasteiger partial charge in [-0.05, 0) is 20.0 Å². The van der Waals surface area contributed by atoms with Crippen molar-refractivity contribution in [3.05, 3.63) is 0 Å². The highest BCUT2D eigenvalue weighted by molar-refractivity contribution is 6.35. The molecule has 6 nitrogen and oxygen atoms in total. The molecule has 100 valence electrons. The van der Waals surface area contributed by atoms with Crippen molar-refractivity contribution in [3.8, 4) is 0 Å². The Kier molecular flexibility index (Phi) is 7.49. The lowest BCUT2D eigenvalue weighted by Crippen LogP contribution is -2.50. The molecular weight excluding hydrogens is 220 g/mol. The Morgan fingerprint density at radius 1 is 1.24 bits per heavy atom. The molecule has 0 radical (unpaired) electrons. The van der Waals surface area contributed by atoms with Crippen molar-refractivity contribution in [1.29, 1.82) is 0 Å². The summed E-state index contributed by atoms with van der Waals surface area (Å²) in [6.45, 7) is 5.35. The minimum atomic E-state index is -0.625. The molecule has 0 spiro atoms. The van der Waals surface area contributed by atoms with Gasteiger partial charge < -0.3 is 21.3 Å². The number of nitrogens with zero attached hydrogens (tertiary/aromatic N) is 1. The smallest absolute Gasteiger partial charge is 0.309 e.